The van der Waals surface area contributed by atoms with Gasteiger partial charge >= 0.3 is 0 Å². The first-order valence-electron chi connectivity index (χ1n) is 7.33. The Morgan fingerprint density at radius 2 is 1.95 bits per heavy atom. The molecule has 1 fully saturated rings. The summed E-state index contributed by atoms with van der Waals surface area (Å²) in [6.07, 6.45) is 5.59. The first-order valence-corrected chi connectivity index (χ1v) is 7.71. The van der Waals surface area contributed by atoms with Crippen LogP contribution in [0.3, 0.4) is 0 Å². The molecular formula is C16H19ClN4. The molecule has 5 heteroatoms. The van der Waals surface area contributed by atoms with Crippen LogP contribution in [0.15, 0.2) is 30.5 Å². The lowest BCUT2D eigenvalue weighted by Crippen LogP contribution is -2.30. The third-order valence-corrected chi connectivity index (χ3v) is 4.00. The smallest absolute Gasteiger partial charge is 0.229 e. The molecule has 110 valence electrons. The highest BCUT2D eigenvalue weighted by Gasteiger charge is 2.13. The van der Waals surface area contributed by atoms with Crippen molar-refractivity contribution in [2.75, 3.05) is 23.3 Å². The van der Waals surface area contributed by atoms with Crippen molar-refractivity contribution in [1.82, 2.24) is 9.97 Å². The van der Waals surface area contributed by atoms with Gasteiger partial charge in [0, 0.05) is 30.0 Å². The van der Waals surface area contributed by atoms with Gasteiger partial charge < -0.3 is 10.2 Å². The Morgan fingerprint density at radius 1 is 1.14 bits per heavy atom. The monoisotopic (exact) mass is 302 g/mol. The van der Waals surface area contributed by atoms with E-state index in [1.165, 1.54) is 19.3 Å². The highest BCUT2D eigenvalue weighted by molar-refractivity contribution is 6.30. The Hall–Kier alpha value is -1.81. The third-order valence-electron chi connectivity index (χ3n) is 3.77. The molecule has 0 aliphatic carbocycles. The van der Waals surface area contributed by atoms with Crippen LogP contribution >= 0.6 is 11.6 Å². The topological polar surface area (TPSA) is 41.1 Å². The number of anilines is 3. The summed E-state index contributed by atoms with van der Waals surface area (Å²) in [6.45, 7) is 4.19. The van der Waals surface area contributed by atoms with Crippen molar-refractivity contribution in [3.05, 3.63) is 41.0 Å². The molecule has 1 aliphatic rings. The molecule has 3 rings (SSSR count). The first kappa shape index (κ1) is 14.1. The van der Waals surface area contributed by atoms with E-state index in [0.29, 0.717) is 11.0 Å². The Morgan fingerprint density at radius 3 is 2.76 bits per heavy atom. The van der Waals surface area contributed by atoms with Crippen LogP contribution in [-0.4, -0.2) is 23.1 Å². The van der Waals surface area contributed by atoms with E-state index < -0.39 is 0 Å². The zero-order chi connectivity index (χ0) is 14.7. The molecule has 1 saturated heterocycles. The van der Waals surface area contributed by atoms with Crippen molar-refractivity contribution in [1.29, 1.82) is 0 Å². The SMILES string of the molecule is Cc1ccc(Cl)cc1Nc1nccc(N2CCCCC2)n1. The predicted molar refractivity (Wildman–Crippen MR) is 87.6 cm³/mol. The quantitative estimate of drug-likeness (QED) is 0.924. The van der Waals surface area contributed by atoms with Crippen LogP contribution in [0.5, 0.6) is 0 Å². The van der Waals surface area contributed by atoms with Crippen LogP contribution in [0.4, 0.5) is 17.5 Å². The molecule has 0 unspecified atom stereocenters. The van der Waals surface area contributed by atoms with E-state index in [4.69, 9.17) is 11.6 Å². The van der Waals surface area contributed by atoms with Crippen molar-refractivity contribution in [3.63, 3.8) is 0 Å². The van der Waals surface area contributed by atoms with E-state index >= 15 is 0 Å². The molecule has 0 amide bonds. The van der Waals surface area contributed by atoms with E-state index in [9.17, 15) is 0 Å². The number of nitrogens with zero attached hydrogens (tertiary/aromatic N) is 3. The van der Waals surface area contributed by atoms with Gasteiger partial charge in [-0.2, -0.15) is 4.98 Å². The second-order valence-corrected chi connectivity index (χ2v) is 5.81. The average molecular weight is 303 g/mol. The lowest BCUT2D eigenvalue weighted by molar-refractivity contribution is 0.573. The van der Waals surface area contributed by atoms with E-state index in [1.54, 1.807) is 6.20 Å². The molecule has 2 aromatic rings. The minimum atomic E-state index is 0.614. The predicted octanol–water partition coefficient (Wildman–Crippen LogP) is 4.17. The Kier molecular flexibility index (Phi) is 4.25. The van der Waals surface area contributed by atoms with Gasteiger partial charge in [-0.1, -0.05) is 17.7 Å². The zero-order valence-corrected chi connectivity index (χ0v) is 12.9. The van der Waals surface area contributed by atoms with E-state index in [0.717, 1.165) is 30.2 Å². The fourth-order valence-electron chi connectivity index (χ4n) is 2.56. The molecule has 0 bridgehead atoms. The van der Waals surface area contributed by atoms with Crippen molar-refractivity contribution < 1.29 is 0 Å². The number of rotatable bonds is 3. The maximum absolute atomic E-state index is 6.05. The summed E-state index contributed by atoms with van der Waals surface area (Å²) in [7, 11) is 0. The molecule has 4 nitrogen and oxygen atoms in total. The molecule has 2 heterocycles. The number of hydrogen-bond donors (Lipinski definition) is 1. The Balaban J connectivity index is 1.81. The normalized spacial score (nSPS) is 15.0. The van der Waals surface area contributed by atoms with E-state index in [-0.39, 0.29) is 0 Å². The Labute approximate surface area is 130 Å². The van der Waals surface area contributed by atoms with E-state index in [2.05, 4.69) is 20.2 Å². The molecule has 0 atom stereocenters. The molecule has 21 heavy (non-hydrogen) atoms. The number of aryl methyl sites for hydroxylation is 1. The number of aromatic nitrogens is 2. The summed E-state index contributed by atoms with van der Waals surface area (Å²) >= 11 is 6.05. The second-order valence-electron chi connectivity index (χ2n) is 5.37. The largest absolute Gasteiger partial charge is 0.356 e. The summed E-state index contributed by atoms with van der Waals surface area (Å²) in [4.78, 5) is 11.3. The first-order chi connectivity index (χ1) is 10.2. The van der Waals surface area contributed by atoms with Gasteiger partial charge in [0.1, 0.15) is 5.82 Å². The van der Waals surface area contributed by atoms with E-state index in [1.807, 2.05) is 31.2 Å². The van der Waals surface area contributed by atoms with Gasteiger partial charge in [0.2, 0.25) is 5.95 Å². The fourth-order valence-corrected chi connectivity index (χ4v) is 2.73. The van der Waals surface area contributed by atoms with Gasteiger partial charge in [-0.05, 0) is 49.9 Å². The summed E-state index contributed by atoms with van der Waals surface area (Å²) in [5, 5.41) is 3.96. The second kappa shape index (κ2) is 6.31. The number of hydrogen-bond acceptors (Lipinski definition) is 4. The van der Waals surface area contributed by atoms with Crippen LogP contribution in [0.1, 0.15) is 24.8 Å². The fraction of sp³-hybridized carbons (Fsp3) is 0.375. The summed E-state index contributed by atoms with van der Waals surface area (Å²) in [5.41, 5.74) is 2.06. The molecule has 0 radical (unpaired) electrons. The molecule has 0 saturated carbocycles. The van der Waals surface area contributed by atoms with Crippen LogP contribution in [0.25, 0.3) is 0 Å². The van der Waals surface area contributed by atoms with Crippen LogP contribution in [0.2, 0.25) is 5.02 Å². The standard InChI is InChI=1S/C16H19ClN4/c1-12-5-6-13(17)11-14(12)19-16-18-8-7-15(20-16)21-9-3-2-4-10-21/h5-8,11H,2-4,9-10H2,1H3,(H,18,19,20). The highest BCUT2D eigenvalue weighted by Crippen LogP contribution is 2.24. The lowest BCUT2D eigenvalue weighted by Gasteiger charge is -2.27. The molecule has 0 spiro atoms. The van der Waals surface area contributed by atoms with Crippen LogP contribution < -0.4 is 10.2 Å². The highest BCUT2D eigenvalue weighted by atomic mass is 35.5. The van der Waals surface area contributed by atoms with Crippen molar-refractivity contribution in [3.8, 4) is 0 Å². The molecule has 1 aliphatic heterocycles. The molecular weight excluding hydrogens is 284 g/mol. The van der Waals surface area contributed by atoms with Crippen LogP contribution in [0, 0.1) is 6.92 Å². The minimum absolute atomic E-state index is 0.614. The van der Waals surface area contributed by atoms with Gasteiger partial charge in [0.05, 0.1) is 0 Å². The van der Waals surface area contributed by atoms with Gasteiger partial charge in [-0.25, -0.2) is 4.98 Å². The summed E-state index contributed by atoms with van der Waals surface area (Å²) in [5.74, 6) is 1.61. The Bertz CT molecular complexity index is 623. The van der Waals surface area contributed by atoms with Gasteiger partial charge in [0.25, 0.3) is 0 Å². The molecule has 1 N–H and O–H groups in total. The minimum Gasteiger partial charge on any atom is -0.356 e. The summed E-state index contributed by atoms with van der Waals surface area (Å²) in [6, 6.07) is 7.74. The van der Waals surface area contributed by atoms with Gasteiger partial charge in [-0.3, -0.25) is 0 Å². The number of halogens is 1. The third kappa shape index (κ3) is 3.45. The van der Waals surface area contributed by atoms with Crippen LogP contribution in [-0.2, 0) is 0 Å². The van der Waals surface area contributed by atoms with Gasteiger partial charge in [0.15, 0.2) is 0 Å². The molecule has 1 aromatic heterocycles. The molecule has 1 aromatic carbocycles. The number of piperidine rings is 1. The van der Waals surface area contributed by atoms with Crippen molar-refractivity contribution >= 4 is 29.1 Å². The van der Waals surface area contributed by atoms with Crippen molar-refractivity contribution in [2.24, 2.45) is 0 Å². The lowest BCUT2D eigenvalue weighted by atomic mass is 10.1. The average Bonchev–Trinajstić information content (AvgIpc) is 2.52. The number of benzene rings is 1. The maximum Gasteiger partial charge on any atom is 0.229 e. The number of nitrogens with one attached hydrogen (secondary N) is 1. The van der Waals surface area contributed by atoms with Gasteiger partial charge in [-0.15, -0.1) is 0 Å². The summed E-state index contributed by atoms with van der Waals surface area (Å²) < 4.78 is 0. The van der Waals surface area contributed by atoms with Crippen molar-refractivity contribution in [2.45, 2.75) is 26.2 Å². The zero-order valence-electron chi connectivity index (χ0n) is 12.1. The maximum atomic E-state index is 6.05.